The van der Waals surface area contributed by atoms with Gasteiger partial charge in [-0.25, -0.2) is 4.98 Å². The largest absolute Gasteiger partial charge is 0.442 e. The lowest BCUT2D eigenvalue weighted by atomic mass is 10.1. The van der Waals surface area contributed by atoms with E-state index < -0.39 is 0 Å². The first kappa shape index (κ1) is 11.0. The predicted octanol–water partition coefficient (Wildman–Crippen LogP) is 3.42. The van der Waals surface area contributed by atoms with Crippen molar-refractivity contribution in [3.63, 3.8) is 0 Å². The van der Waals surface area contributed by atoms with Crippen molar-refractivity contribution in [1.82, 2.24) is 4.98 Å². The van der Waals surface area contributed by atoms with E-state index in [-0.39, 0.29) is 0 Å². The summed E-state index contributed by atoms with van der Waals surface area (Å²) < 4.78 is 5.45. The molecule has 1 aromatic heterocycles. The summed E-state index contributed by atoms with van der Waals surface area (Å²) in [5.74, 6) is 2.25. The van der Waals surface area contributed by atoms with E-state index in [0.29, 0.717) is 18.2 Å². The quantitative estimate of drug-likeness (QED) is 0.730. The third-order valence-corrected chi connectivity index (χ3v) is 2.01. The number of aromatic nitrogens is 1. The van der Waals surface area contributed by atoms with Crippen LogP contribution in [-0.4, -0.2) is 4.98 Å². The van der Waals surface area contributed by atoms with Crippen LogP contribution in [0.4, 0.5) is 0 Å². The van der Waals surface area contributed by atoms with Gasteiger partial charge in [0.2, 0.25) is 5.89 Å². The molecule has 0 amide bonds. The number of rotatable bonds is 4. The van der Waals surface area contributed by atoms with Crippen LogP contribution in [0.2, 0.25) is 0 Å². The molecule has 0 fully saturated rings. The zero-order valence-electron chi connectivity index (χ0n) is 9.21. The van der Waals surface area contributed by atoms with Crippen molar-refractivity contribution in [2.24, 2.45) is 5.92 Å². The Balaban J connectivity index is 2.63. The van der Waals surface area contributed by atoms with Gasteiger partial charge in [-0.1, -0.05) is 19.9 Å². The standard InChI is InChI=1S/C12H18NO/c1-5-11-10(4)14-12(13-11)8-6-7-9(2)3/h6,8-9H,1,5,7H2,2-4H3. The lowest BCUT2D eigenvalue weighted by Gasteiger charge is -1.94. The van der Waals surface area contributed by atoms with E-state index in [1.807, 2.05) is 13.0 Å². The molecule has 14 heavy (non-hydrogen) atoms. The summed E-state index contributed by atoms with van der Waals surface area (Å²) >= 11 is 0. The number of allylic oxidation sites excluding steroid dienone is 1. The molecule has 2 heteroatoms. The van der Waals surface area contributed by atoms with Gasteiger partial charge in [-0.2, -0.15) is 0 Å². The van der Waals surface area contributed by atoms with Crippen LogP contribution in [0.5, 0.6) is 0 Å². The molecule has 0 unspecified atom stereocenters. The van der Waals surface area contributed by atoms with Gasteiger partial charge >= 0.3 is 0 Å². The molecular formula is C12H18NO. The molecule has 1 rings (SSSR count). The third-order valence-electron chi connectivity index (χ3n) is 2.01. The summed E-state index contributed by atoms with van der Waals surface area (Å²) in [7, 11) is 0. The third kappa shape index (κ3) is 3.02. The first-order chi connectivity index (χ1) is 6.63. The summed E-state index contributed by atoms with van der Waals surface area (Å²) in [6, 6.07) is 0. The van der Waals surface area contributed by atoms with Crippen LogP contribution >= 0.6 is 0 Å². The summed E-state index contributed by atoms with van der Waals surface area (Å²) in [6.07, 6.45) is 5.78. The van der Waals surface area contributed by atoms with Crippen LogP contribution in [0.3, 0.4) is 0 Å². The molecule has 0 saturated heterocycles. The molecule has 1 radical (unpaired) electrons. The molecule has 0 N–H and O–H groups in total. The lowest BCUT2D eigenvalue weighted by molar-refractivity contribution is 0.514. The summed E-state index contributed by atoms with van der Waals surface area (Å²) in [4.78, 5) is 4.31. The first-order valence-corrected chi connectivity index (χ1v) is 5.05. The van der Waals surface area contributed by atoms with Gasteiger partial charge in [-0.3, -0.25) is 0 Å². The van der Waals surface area contributed by atoms with Crippen LogP contribution in [-0.2, 0) is 6.42 Å². The number of hydrogen-bond donors (Lipinski definition) is 0. The molecule has 0 aliphatic heterocycles. The molecular weight excluding hydrogens is 174 g/mol. The highest BCUT2D eigenvalue weighted by molar-refractivity contribution is 5.38. The van der Waals surface area contributed by atoms with E-state index in [0.717, 1.165) is 17.9 Å². The highest BCUT2D eigenvalue weighted by Crippen LogP contribution is 2.12. The minimum absolute atomic E-state index is 0.676. The maximum Gasteiger partial charge on any atom is 0.218 e. The van der Waals surface area contributed by atoms with Gasteiger partial charge < -0.3 is 4.42 Å². The van der Waals surface area contributed by atoms with E-state index in [1.165, 1.54) is 0 Å². The minimum Gasteiger partial charge on any atom is -0.442 e. The first-order valence-electron chi connectivity index (χ1n) is 5.05. The molecule has 2 nitrogen and oxygen atoms in total. The topological polar surface area (TPSA) is 26.0 Å². The van der Waals surface area contributed by atoms with Crippen molar-refractivity contribution in [2.75, 3.05) is 0 Å². The molecule has 1 heterocycles. The molecule has 0 aromatic carbocycles. The second kappa shape index (κ2) is 4.99. The van der Waals surface area contributed by atoms with E-state index in [2.05, 4.69) is 31.8 Å². The van der Waals surface area contributed by atoms with Crippen molar-refractivity contribution in [3.8, 4) is 0 Å². The normalized spacial score (nSPS) is 11.8. The number of nitrogens with zero attached hydrogens (tertiary/aromatic N) is 1. The van der Waals surface area contributed by atoms with Gasteiger partial charge in [0.15, 0.2) is 0 Å². The van der Waals surface area contributed by atoms with Crippen molar-refractivity contribution in [2.45, 2.75) is 33.6 Å². The Morgan fingerprint density at radius 3 is 2.71 bits per heavy atom. The highest BCUT2D eigenvalue weighted by Gasteiger charge is 2.04. The Bertz CT molecular complexity index is 310. The average molecular weight is 192 g/mol. The predicted molar refractivity (Wildman–Crippen MR) is 58.8 cm³/mol. The summed E-state index contributed by atoms with van der Waals surface area (Å²) in [5, 5.41) is 0. The highest BCUT2D eigenvalue weighted by atomic mass is 16.4. The van der Waals surface area contributed by atoms with Crippen LogP contribution < -0.4 is 0 Å². The molecule has 0 aliphatic rings. The van der Waals surface area contributed by atoms with Crippen molar-refractivity contribution in [3.05, 3.63) is 30.3 Å². The molecule has 0 bridgehead atoms. The molecule has 0 aliphatic carbocycles. The van der Waals surface area contributed by atoms with Crippen LogP contribution in [0, 0.1) is 19.8 Å². The zero-order chi connectivity index (χ0) is 10.6. The molecule has 77 valence electrons. The Hall–Kier alpha value is -1.05. The van der Waals surface area contributed by atoms with Gasteiger partial charge in [0.25, 0.3) is 0 Å². The Morgan fingerprint density at radius 1 is 1.50 bits per heavy atom. The number of aryl methyl sites for hydroxylation is 1. The lowest BCUT2D eigenvalue weighted by Crippen LogP contribution is -1.83. The van der Waals surface area contributed by atoms with E-state index in [4.69, 9.17) is 4.42 Å². The van der Waals surface area contributed by atoms with E-state index in [9.17, 15) is 0 Å². The van der Waals surface area contributed by atoms with Gasteiger partial charge in [0, 0.05) is 0 Å². The van der Waals surface area contributed by atoms with Crippen molar-refractivity contribution < 1.29 is 4.42 Å². The SMILES string of the molecule is [CH2]Cc1nc(C=CCC(C)C)oc1C. The number of oxazole rings is 1. The molecule has 0 atom stereocenters. The Kier molecular flexibility index (Phi) is 3.93. The van der Waals surface area contributed by atoms with Crippen molar-refractivity contribution in [1.29, 1.82) is 0 Å². The van der Waals surface area contributed by atoms with Crippen LogP contribution in [0.25, 0.3) is 6.08 Å². The Morgan fingerprint density at radius 2 is 2.21 bits per heavy atom. The van der Waals surface area contributed by atoms with Crippen LogP contribution in [0.15, 0.2) is 10.5 Å². The molecule has 0 spiro atoms. The summed E-state index contributed by atoms with van der Waals surface area (Å²) in [6.45, 7) is 10.1. The average Bonchev–Trinajstić information content (AvgIpc) is 2.45. The fourth-order valence-corrected chi connectivity index (χ4v) is 1.19. The van der Waals surface area contributed by atoms with E-state index >= 15 is 0 Å². The summed E-state index contributed by atoms with van der Waals surface area (Å²) in [5.41, 5.74) is 0.953. The van der Waals surface area contributed by atoms with Gasteiger partial charge in [-0.05, 0) is 38.7 Å². The van der Waals surface area contributed by atoms with Gasteiger partial charge in [-0.15, -0.1) is 0 Å². The zero-order valence-corrected chi connectivity index (χ0v) is 9.21. The van der Waals surface area contributed by atoms with Gasteiger partial charge in [0.05, 0.1) is 5.69 Å². The van der Waals surface area contributed by atoms with E-state index in [1.54, 1.807) is 0 Å². The Labute approximate surface area is 86.0 Å². The molecule has 1 aromatic rings. The van der Waals surface area contributed by atoms with Crippen LogP contribution in [0.1, 0.15) is 37.6 Å². The second-order valence-corrected chi connectivity index (χ2v) is 3.84. The smallest absolute Gasteiger partial charge is 0.218 e. The second-order valence-electron chi connectivity index (χ2n) is 3.84. The molecule has 0 saturated carbocycles. The monoisotopic (exact) mass is 192 g/mol. The van der Waals surface area contributed by atoms with Crippen molar-refractivity contribution >= 4 is 6.08 Å². The fourth-order valence-electron chi connectivity index (χ4n) is 1.19. The minimum atomic E-state index is 0.676. The maximum atomic E-state index is 5.45. The van der Waals surface area contributed by atoms with Gasteiger partial charge in [0.1, 0.15) is 5.76 Å². The maximum absolute atomic E-state index is 5.45. The number of hydrogen-bond acceptors (Lipinski definition) is 2. The fraction of sp³-hybridized carbons (Fsp3) is 0.500.